The number of rotatable bonds is 8. The van der Waals surface area contributed by atoms with Crippen LogP contribution in [-0.2, 0) is 0 Å². The lowest BCUT2D eigenvalue weighted by Gasteiger charge is -2.17. The third-order valence-electron chi connectivity index (χ3n) is 4.42. The van der Waals surface area contributed by atoms with Crippen molar-refractivity contribution in [2.75, 3.05) is 26.2 Å². The average Bonchev–Trinajstić information content (AvgIpc) is 2.63. The molecule has 1 aromatic carbocycles. The van der Waals surface area contributed by atoms with Gasteiger partial charge in [0.05, 0.1) is 11.4 Å². The van der Waals surface area contributed by atoms with E-state index in [9.17, 15) is 14.7 Å². The standard InChI is InChI=1S/C19H27N5O3/c1-5-23(6-2)12-11-20-22-14(4)16-17(25)21-19(27)24(18(16)26)15-9-7-13(3)8-10-15/h7-10,20,26H,5-6,11-12H2,1-4H3,(H,21,25,27)/b22-14+. The minimum Gasteiger partial charge on any atom is -0.493 e. The quantitative estimate of drug-likeness (QED) is 0.366. The summed E-state index contributed by atoms with van der Waals surface area (Å²) in [5.41, 5.74) is 3.28. The first-order chi connectivity index (χ1) is 12.9. The fourth-order valence-corrected chi connectivity index (χ4v) is 2.76. The number of hydrogen-bond acceptors (Lipinski definition) is 6. The maximum Gasteiger partial charge on any atom is 0.335 e. The molecule has 8 nitrogen and oxygen atoms in total. The second-order valence-corrected chi connectivity index (χ2v) is 6.26. The highest BCUT2D eigenvalue weighted by atomic mass is 16.3. The third-order valence-corrected chi connectivity index (χ3v) is 4.42. The van der Waals surface area contributed by atoms with Gasteiger partial charge in [-0.2, -0.15) is 5.10 Å². The molecule has 0 unspecified atom stereocenters. The van der Waals surface area contributed by atoms with Crippen LogP contribution in [0.25, 0.3) is 5.69 Å². The Balaban J connectivity index is 2.32. The van der Waals surface area contributed by atoms with Crippen LogP contribution in [0, 0.1) is 6.92 Å². The fraction of sp³-hybridized carbons (Fsp3) is 0.421. The van der Waals surface area contributed by atoms with Crippen molar-refractivity contribution in [3.8, 4) is 11.6 Å². The van der Waals surface area contributed by atoms with Crippen molar-refractivity contribution in [2.24, 2.45) is 5.10 Å². The van der Waals surface area contributed by atoms with Gasteiger partial charge in [-0.25, -0.2) is 9.36 Å². The average molecular weight is 373 g/mol. The van der Waals surface area contributed by atoms with Crippen LogP contribution >= 0.6 is 0 Å². The molecule has 3 N–H and O–H groups in total. The molecule has 8 heteroatoms. The number of likely N-dealkylation sites (N-methyl/N-ethyl adjacent to an activating group) is 1. The predicted octanol–water partition coefficient (Wildman–Crippen LogP) is 1.20. The Hall–Kier alpha value is -2.87. The number of nitrogens with zero attached hydrogens (tertiary/aromatic N) is 3. The summed E-state index contributed by atoms with van der Waals surface area (Å²) in [5.74, 6) is -0.431. The monoisotopic (exact) mass is 373 g/mol. The molecular weight excluding hydrogens is 346 g/mol. The first-order valence-corrected chi connectivity index (χ1v) is 9.04. The summed E-state index contributed by atoms with van der Waals surface area (Å²) in [4.78, 5) is 28.9. The van der Waals surface area contributed by atoms with Gasteiger partial charge in [-0.1, -0.05) is 31.5 Å². The van der Waals surface area contributed by atoms with E-state index >= 15 is 0 Å². The molecule has 2 aromatic rings. The highest BCUT2D eigenvalue weighted by Crippen LogP contribution is 2.17. The highest BCUT2D eigenvalue weighted by molar-refractivity contribution is 6.00. The van der Waals surface area contributed by atoms with E-state index in [-0.39, 0.29) is 5.56 Å². The van der Waals surface area contributed by atoms with Gasteiger partial charge in [-0.3, -0.25) is 9.78 Å². The molecule has 1 heterocycles. The van der Waals surface area contributed by atoms with Crippen LogP contribution < -0.4 is 16.7 Å². The molecule has 2 rings (SSSR count). The molecular formula is C19H27N5O3. The van der Waals surface area contributed by atoms with Crippen LogP contribution in [0.2, 0.25) is 0 Å². The Kier molecular flexibility index (Phi) is 6.95. The Morgan fingerprint density at radius 1 is 1.22 bits per heavy atom. The van der Waals surface area contributed by atoms with E-state index in [0.29, 0.717) is 17.9 Å². The highest BCUT2D eigenvalue weighted by Gasteiger charge is 2.18. The number of H-pyrrole nitrogens is 1. The first-order valence-electron chi connectivity index (χ1n) is 9.04. The first kappa shape index (κ1) is 20.4. The molecule has 0 saturated carbocycles. The lowest BCUT2D eigenvalue weighted by molar-refractivity contribution is 0.303. The van der Waals surface area contributed by atoms with Crippen molar-refractivity contribution >= 4 is 5.71 Å². The summed E-state index contributed by atoms with van der Waals surface area (Å²) in [7, 11) is 0. The van der Waals surface area contributed by atoms with Crippen LogP contribution in [0.4, 0.5) is 0 Å². The van der Waals surface area contributed by atoms with Crippen molar-refractivity contribution in [3.63, 3.8) is 0 Å². The van der Waals surface area contributed by atoms with E-state index in [1.165, 1.54) is 0 Å². The maximum atomic E-state index is 12.2. The van der Waals surface area contributed by atoms with Crippen molar-refractivity contribution in [1.29, 1.82) is 0 Å². The normalized spacial score (nSPS) is 11.8. The summed E-state index contributed by atoms with van der Waals surface area (Å²) in [5, 5.41) is 14.8. The van der Waals surface area contributed by atoms with Gasteiger partial charge in [0.2, 0.25) is 5.88 Å². The van der Waals surface area contributed by atoms with Crippen LogP contribution in [0.15, 0.2) is 39.0 Å². The summed E-state index contributed by atoms with van der Waals surface area (Å²) < 4.78 is 1.06. The van der Waals surface area contributed by atoms with Crippen LogP contribution in [-0.4, -0.2) is 51.4 Å². The Morgan fingerprint density at radius 3 is 2.44 bits per heavy atom. The minimum absolute atomic E-state index is 0.0366. The summed E-state index contributed by atoms with van der Waals surface area (Å²) in [6.45, 7) is 11.0. The van der Waals surface area contributed by atoms with Crippen LogP contribution in [0.5, 0.6) is 5.88 Å². The topological polar surface area (TPSA) is 103 Å². The van der Waals surface area contributed by atoms with Gasteiger partial charge in [0.25, 0.3) is 5.56 Å². The van der Waals surface area contributed by atoms with E-state index in [0.717, 1.165) is 29.8 Å². The molecule has 146 valence electrons. The molecule has 0 bridgehead atoms. The zero-order valence-corrected chi connectivity index (χ0v) is 16.2. The lowest BCUT2D eigenvalue weighted by Crippen LogP contribution is -2.33. The number of hydrogen-bond donors (Lipinski definition) is 3. The second-order valence-electron chi connectivity index (χ2n) is 6.26. The van der Waals surface area contributed by atoms with E-state index in [1.807, 2.05) is 19.1 Å². The molecule has 0 aliphatic carbocycles. The molecule has 1 aromatic heterocycles. The Labute approximate surface area is 158 Å². The maximum absolute atomic E-state index is 12.2. The fourth-order valence-electron chi connectivity index (χ4n) is 2.76. The zero-order chi connectivity index (χ0) is 20.0. The number of nitrogens with one attached hydrogen (secondary N) is 2. The van der Waals surface area contributed by atoms with Gasteiger partial charge in [-0.15, -0.1) is 0 Å². The van der Waals surface area contributed by atoms with E-state index in [4.69, 9.17) is 0 Å². The van der Waals surface area contributed by atoms with Crippen molar-refractivity contribution in [1.82, 2.24) is 19.9 Å². The molecule has 0 saturated heterocycles. The summed E-state index contributed by atoms with van der Waals surface area (Å²) >= 11 is 0. The number of hydrazone groups is 1. The van der Waals surface area contributed by atoms with E-state index in [1.54, 1.807) is 19.1 Å². The Bertz CT molecular complexity index is 908. The number of aromatic nitrogens is 2. The summed E-state index contributed by atoms with van der Waals surface area (Å²) in [6, 6.07) is 7.05. The third kappa shape index (κ3) is 4.85. The number of benzene rings is 1. The number of aromatic amines is 1. The number of aryl methyl sites for hydroxylation is 1. The van der Waals surface area contributed by atoms with Crippen LogP contribution in [0.3, 0.4) is 0 Å². The van der Waals surface area contributed by atoms with E-state index in [2.05, 4.69) is 34.3 Å². The van der Waals surface area contributed by atoms with Crippen molar-refractivity contribution < 1.29 is 5.11 Å². The molecule has 0 aliphatic heterocycles. The van der Waals surface area contributed by atoms with Gasteiger partial charge in [0.15, 0.2) is 0 Å². The number of aromatic hydroxyl groups is 1. The van der Waals surface area contributed by atoms with Gasteiger partial charge >= 0.3 is 5.69 Å². The van der Waals surface area contributed by atoms with E-state index < -0.39 is 17.1 Å². The van der Waals surface area contributed by atoms with Gasteiger partial charge in [0, 0.05) is 13.1 Å². The minimum atomic E-state index is -0.701. The molecule has 0 aliphatic rings. The molecule has 0 radical (unpaired) electrons. The molecule has 0 atom stereocenters. The Morgan fingerprint density at radius 2 is 1.85 bits per heavy atom. The molecule has 27 heavy (non-hydrogen) atoms. The second kappa shape index (κ2) is 9.18. The lowest BCUT2D eigenvalue weighted by atomic mass is 10.2. The molecule has 0 fully saturated rings. The van der Waals surface area contributed by atoms with Gasteiger partial charge < -0.3 is 15.4 Å². The van der Waals surface area contributed by atoms with Crippen LogP contribution in [0.1, 0.15) is 31.9 Å². The molecule has 0 amide bonds. The van der Waals surface area contributed by atoms with Gasteiger partial charge in [0.1, 0.15) is 5.56 Å². The largest absolute Gasteiger partial charge is 0.493 e. The smallest absolute Gasteiger partial charge is 0.335 e. The van der Waals surface area contributed by atoms with Crippen molar-refractivity contribution in [3.05, 3.63) is 56.2 Å². The summed E-state index contributed by atoms with van der Waals surface area (Å²) in [6.07, 6.45) is 0. The zero-order valence-electron chi connectivity index (χ0n) is 16.2. The van der Waals surface area contributed by atoms with Crippen molar-refractivity contribution in [2.45, 2.75) is 27.7 Å². The predicted molar refractivity (Wildman–Crippen MR) is 107 cm³/mol. The SMILES string of the molecule is CCN(CC)CCN/N=C(\C)c1c(O)n(-c2ccc(C)cc2)c(=O)[nH]c1=O. The van der Waals surface area contributed by atoms with Gasteiger partial charge in [-0.05, 0) is 39.1 Å². The molecule has 0 spiro atoms.